The van der Waals surface area contributed by atoms with E-state index in [-0.39, 0.29) is 0 Å². The Bertz CT molecular complexity index is 288. The third-order valence-electron chi connectivity index (χ3n) is 3.78. The molecule has 19 heavy (non-hydrogen) atoms. The lowest BCUT2D eigenvalue weighted by Crippen LogP contribution is -2.40. The molecule has 0 spiro atoms. The molecule has 1 unspecified atom stereocenters. The molecule has 0 saturated heterocycles. The average molecular weight is 271 g/mol. The smallest absolute Gasteiger partial charge is 0.407 e. The second-order valence-corrected chi connectivity index (χ2v) is 6.87. The Kier molecular flexibility index (Phi) is 5.65. The molecule has 0 aromatic rings. The van der Waals surface area contributed by atoms with Gasteiger partial charge in [-0.3, -0.25) is 0 Å². The van der Waals surface area contributed by atoms with E-state index in [2.05, 4.69) is 5.32 Å². The summed E-state index contributed by atoms with van der Waals surface area (Å²) in [6.45, 7) is 7.86. The minimum atomic E-state index is -0.685. The van der Waals surface area contributed by atoms with Crippen LogP contribution < -0.4 is 5.32 Å². The van der Waals surface area contributed by atoms with Crippen molar-refractivity contribution < 1.29 is 14.6 Å². The molecule has 0 bridgehead atoms. The van der Waals surface area contributed by atoms with Crippen LogP contribution in [0.25, 0.3) is 0 Å². The highest BCUT2D eigenvalue weighted by Crippen LogP contribution is 2.34. The standard InChI is InChI=1S/C15H29NO3/c1-14(2,3)19-13(17)16-11-10-15(4,18)12-8-6-5-7-9-12/h12,18H,5-11H2,1-4H3,(H,16,17). The van der Waals surface area contributed by atoms with Crippen molar-refractivity contribution in [3.05, 3.63) is 0 Å². The number of aliphatic hydroxyl groups is 1. The van der Waals surface area contributed by atoms with Crippen LogP contribution in [0.2, 0.25) is 0 Å². The molecule has 1 aliphatic carbocycles. The summed E-state index contributed by atoms with van der Waals surface area (Å²) in [7, 11) is 0. The molecular formula is C15H29NO3. The Balaban J connectivity index is 2.28. The number of amides is 1. The summed E-state index contributed by atoms with van der Waals surface area (Å²) in [5.74, 6) is 0.363. The van der Waals surface area contributed by atoms with E-state index in [1.165, 1.54) is 19.3 Å². The van der Waals surface area contributed by atoms with E-state index in [1.807, 2.05) is 27.7 Å². The van der Waals surface area contributed by atoms with Crippen molar-refractivity contribution in [3.8, 4) is 0 Å². The molecule has 0 aliphatic heterocycles. The molecule has 1 saturated carbocycles. The predicted octanol–water partition coefficient (Wildman–Crippen LogP) is 3.23. The molecule has 1 atom stereocenters. The monoisotopic (exact) mass is 271 g/mol. The largest absolute Gasteiger partial charge is 0.444 e. The number of hydrogen-bond donors (Lipinski definition) is 2. The van der Waals surface area contributed by atoms with Gasteiger partial charge >= 0.3 is 6.09 Å². The summed E-state index contributed by atoms with van der Waals surface area (Å²) >= 11 is 0. The summed E-state index contributed by atoms with van der Waals surface area (Å²) in [5.41, 5.74) is -1.16. The molecule has 112 valence electrons. The quantitative estimate of drug-likeness (QED) is 0.825. The van der Waals surface area contributed by atoms with Gasteiger partial charge in [-0.1, -0.05) is 19.3 Å². The van der Waals surface area contributed by atoms with Gasteiger partial charge in [0.1, 0.15) is 5.60 Å². The van der Waals surface area contributed by atoms with Crippen LogP contribution >= 0.6 is 0 Å². The van der Waals surface area contributed by atoms with Crippen LogP contribution in [0.4, 0.5) is 4.79 Å². The first-order valence-electron chi connectivity index (χ1n) is 7.40. The van der Waals surface area contributed by atoms with E-state index >= 15 is 0 Å². The van der Waals surface area contributed by atoms with E-state index < -0.39 is 17.3 Å². The lowest BCUT2D eigenvalue weighted by molar-refractivity contribution is -0.0234. The highest BCUT2D eigenvalue weighted by Gasteiger charge is 2.32. The maximum Gasteiger partial charge on any atom is 0.407 e. The Morgan fingerprint density at radius 2 is 1.79 bits per heavy atom. The van der Waals surface area contributed by atoms with Gasteiger partial charge in [0.2, 0.25) is 0 Å². The maximum atomic E-state index is 11.5. The van der Waals surface area contributed by atoms with Crippen LogP contribution in [0, 0.1) is 5.92 Å². The van der Waals surface area contributed by atoms with Gasteiger partial charge in [-0.2, -0.15) is 0 Å². The highest BCUT2D eigenvalue weighted by molar-refractivity contribution is 5.67. The molecular weight excluding hydrogens is 242 g/mol. The number of carbonyl (C=O) groups excluding carboxylic acids is 1. The zero-order chi connectivity index (χ0) is 14.5. The topological polar surface area (TPSA) is 58.6 Å². The molecule has 4 heteroatoms. The number of alkyl carbamates (subject to hydrolysis) is 1. The van der Waals surface area contributed by atoms with Crippen LogP contribution in [-0.2, 0) is 4.74 Å². The lowest BCUT2D eigenvalue weighted by Gasteiger charge is -2.35. The van der Waals surface area contributed by atoms with E-state index in [4.69, 9.17) is 4.74 Å². The summed E-state index contributed by atoms with van der Waals surface area (Å²) in [4.78, 5) is 11.5. The third kappa shape index (κ3) is 6.28. The molecule has 0 aromatic carbocycles. The SMILES string of the molecule is CC(C)(C)OC(=O)NCCC(C)(O)C1CCCCC1. The van der Waals surface area contributed by atoms with Crippen molar-refractivity contribution in [2.24, 2.45) is 5.92 Å². The number of hydrogen-bond acceptors (Lipinski definition) is 3. The van der Waals surface area contributed by atoms with Gasteiger partial charge in [0.15, 0.2) is 0 Å². The molecule has 1 fully saturated rings. The van der Waals surface area contributed by atoms with E-state index in [0.717, 1.165) is 12.8 Å². The first-order chi connectivity index (χ1) is 8.71. The molecule has 1 rings (SSSR count). The Morgan fingerprint density at radius 1 is 1.21 bits per heavy atom. The van der Waals surface area contributed by atoms with Crippen LogP contribution in [-0.4, -0.2) is 28.9 Å². The summed E-state index contributed by atoms with van der Waals surface area (Å²) < 4.78 is 5.17. The molecule has 0 aromatic heterocycles. The Labute approximate surface area is 116 Å². The van der Waals surface area contributed by atoms with Crippen molar-refractivity contribution in [2.45, 2.75) is 77.4 Å². The average Bonchev–Trinajstić information content (AvgIpc) is 2.27. The highest BCUT2D eigenvalue weighted by atomic mass is 16.6. The van der Waals surface area contributed by atoms with Crippen molar-refractivity contribution in [1.82, 2.24) is 5.32 Å². The first-order valence-corrected chi connectivity index (χ1v) is 7.40. The van der Waals surface area contributed by atoms with Gasteiger partial charge in [0.25, 0.3) is 0 Å². The number of nitrogens with one attached hydrogen (secondary N) is 1. The second kappa shape index (κ2) is 6.60. The van der Waals surface area contributed by atoms with Crippen molar-refractivity contribution in [2.75, 3.05) is 6.54 Å². The van der Waals surface area contributed by atoms with Gasteiger partial charge in [0.05, 0.1) is 5.60 Å². The molecule has 1 amide bonds. The summed E-state index contributed by atoms with van der Waals surface area (Å²) in [6, 6.07) is 0. The zero-order valence-corrected chi connectivity index (χ0v) is 12.8. The molecule has 0 radical (unpaired) electrons. The van der Waals surface area contributed by atoms with E-state index in [1.54, 1.807) is 0 Å². The second-order valence-electron chi connectivity index (χ2n) is 6.87. The fraction of sp³-hybridized carbons (Fsp3) is 0.933. The van der Waals surface area contributed by atoms with Crippen molar-refractivity contribution >= 4 is 6.09 Å². The third-order valence-corrected chi connectivity index (χ3v) is 3.78. The minimum Gasteiger partial charge on any atom is -0.444 e. The van der Waals surface area contributed by atoms with Crippen LogP contribution in [0.5, 0.6) is 0 Å². The number of ether oxygens (including phenoxy) is 1. The predicted molar refractivity (Wildman–Crippen MR) is 76.1 cm³/mol. The van der Waals surface area contributed by atoms with Crippen molar-refractivity contribution in [1.29, 1.82) is 0 Å². The fourth-order valence-electron chi connectivity index (χ4n) is 2.66. The number of rotatable bonds is 4. The van der Waals surface area contributed by atoms with E-state index in [0.29, 0.717) is 18.9 Å². The van der Waals surface area contributed by atoms with Crippen molar-refractivity contribution in [3.63, 3.8) is 0 Å². The van der Waals surface area contributed by atoms with Gasteiger partial charge in [0, 0.05) is 6.54 Å². The van der Waals surface area contributed by atoms with Crippen LogP contribution in [0.3, 0.4) is 0 Å². The molecule has 1 aliphatic rings. The molecule has 2 N–H and O–H groups in total. The van der Waals surface area contributed by atoms with Gasteiger partial charge in [-0.05, 0) is 52.9 Å². The summed E-state index contributed by atoms with van der Waals surface area (Å²) in [5, 5.41) is 13.2. The van der Waals surface area contributed by atoms with Crippen LogP contribution in [0.15, 0.2) is 0 Å². The minimum absolute atomic E-state index is 0.363. The Hall–Kier alpha value is -0.770. The van der Waals surface area contributed by atoms with Gasteiger partial charge < -0.3 is 15.2 Å². The lowest BCUT2D eigenvalue weighted by atomic mass is 9.76. The number of carbonyl (C=O) groups is 1. The molecule has 4 nitrogen and oxygen atoms in total. The van der Waals surface area contributed by atoms with Gasteiger partial charge in [-0.15, -0.1) is 0 Å². The zero-order valence-electron chi connectivity index (χ0n) is 12.8. The maximum absolute atomic E-state index is 11.5. The Morgan fingerprint density at radius 3 is 2.32 bits per heavy atom. The summed E-state index contributed by atoms with van der Waals surface area (Å²) in [6.07, 6.45) is 6.06. The first kappa shape index (κ1) is 16.3. The van der Waals surface area contributed by atoms with Crippen LogP contribution in [0.1, 0.15) is 66.2 Å². The van der Waals surface area contributed by atoms with E-state index in [9.17, 15) is 9.90 Å². The molecule has 0 heterocycles. The normalized spacial score (nSPS) is 20.7. The van der Waals surface area contributed by atoms with Gasteiger partial charge in [-0.25, -0.2) is 4.79 Å². The fourth-order valence-corrected chi connectivity index (χ4v) is 2.66.